The van der Waals surface area contributed by atoms with Crippen molar-refractivity contribution in [3.05, 3.63) is 17.5 Å². The van der Waals surface area contributed by atoms with Gasteiger partial charge in [0.05, 0.1) is 0 Å². The second-order valence-corrected chi connectivity index (χ2v) is 6.92. The molecule has 0 aromatic carbocycles. The van der Waals surface area contributed by atoms with Gasteiger partial charge >= 0.3 is 6.09 Å². The van der Waals surface area contributed by atoms with E-state index in [0.717, 1.165) is 17.3 Å². The largest absolute Gasteiger partial charge is 0.444 e. The first kappa shape index (κ1) is 16.5. The molecule has 0 bridgehead atoms. The minimum Gasteiger partial charge on any atom is -0.444 e. The summed E-state index contributed by atoms with van der Waals surface area (Å²) in [6.07, 6.45) is -0.249. The van der Waals surface area contributed by atoms with Gasteiger partial charge in [0.1, 0.15) is 5.60 Å². The predicted molar refractivity (Wildman–Crippen MR) is 86.1 cm³/mol. The van der Waals surface area contributed by atoms with E-state index in [4.69, 9.17) is 4.74 Å². The highest BCUT2D eigenvalue weighted by molar-refractivity contribution is 5.69. The second kappa shape index (κ2) is 6.10. The number of amides is 1. The molecule has 1 fully saturated rings. The Balaban J connectivity index is 2.05. The van der Waals surface area contributed by atoms with Crippen LogP contribution in [0.4, 0.5) is 10.7 Å². The number of hydrogen-bond acceptors (Lipinski definition) is 5. The lowest BCUT2D eigenvalue weighted by Gasteiger charge is -2.40. The molecule has 1 aromatic heterocycles. The molecule has 2 heterocycles. The summed E-state index contributed by atoms with van der Waals surface area (Å²) in [6, 6.07) is 2.03. The number of carbonyl (C=O) groups excluding carboxylic acids is 1. The number of hydrogen-bond donors (Lipinski definition) is 0. The van der Waals surface area contributed by atoms with E-state index in [1.807, 2.05) is 47.6 Å². The SMILES string of the molecule is Cc1cc(C)nc(N2CCN(C(=O)OC(C)(C)C)[C@H](C)C2)n1. The third-order valence-corrected chi connectivity index (χ3v) is 3.51. The van der Waals surface area contributed by atoms with Gasteiger partial charge < -0.3 is 14.5 Å². The van der Waals surface area contributed by atoms with E-state index < -0.39 is 5.60 Å². The van der Waals surface area contributed by atoms with Crippen LogP contribution in [0.25, 0.3) is 0 Å². The molecule has 1 atom stereocenters. The highest BCUT2D eigenvalue weighted by atomic mass is 16.6. The van der Waals surface area contributed by atoms with E-state index in [1.165, 1.54) is 0 Å². The van der Waals surface area contributed by atoms with Crippen molar-refractivity contribution in [2.75, 3.05) is 24.5 Å². The van der Waals surface area contributed by atoms with Gasteiger partial charge in [-0.15, -0.1) is 0 Å². The van der Waals surface area contributed by atoms with Gasteiger partial charge in [-0.05, 0) is 47.6 Å². The Morgan fingerprint density at radius 2 is 1.82 bits per heavy atom. The lowest BCUT2D eigenvalue weighted by molar-refractivity contribution is 0.0158. The minimum absolute atomic E-state index is 0.0630. The standard InChI is InChI=1S/C16H26N4O2/c1-11-9-12(2)18-14(17-11)19-7-8-20(13(3)10-19)15(21)22-16(4,5)6/h9,13H,7-8,10H2,1-6H3/t13-/m1/s1. The first-order chi connectivity index (χ1) is 10.2. The molecule has 2 rings (SSSR count). The topological polar surface area (TPSA) is 58.6 Å². The quantitative estimate of drug-likeness (QED) is 0.798. The van der Waals surface area contributed by atoms with Gasteiger partial charge in [-0.1, -0.05) is 0 Å². The molecule has 1 amide bonds. The number of rotatable bonds is 1. The van der Waals surface area contributed by atoms with Crippen LogP contribution >= 0.6 is 0 Å². The Morgan fingerprint density at radius 3 is 2.32 bits per heavy atom. The molecule has 1 aliphatic heterocycles. The molecular formula is C16H26N4O2. The first-order valence-corrected chi connectivity index (χ1v) is 7.72. The molecule has 0 aliphatic carbocycles. The molecule has 0 unspecified atom stereocenters. The average molecular weight is 306 g/mol. The van der Waals surface area contributed by atoms with Gasteiger partial charge in [-0.3, -0.25) is 0 Å². The molecule has 0 spiro atoms. The second-order valence-electron chi connectivity index (χ2n) is 6.92. The summed E-state index contributed by atoms with van der Waals surface area (Å²) in [7, 11) is 0. The van der Waals surface area contributed by atoms with Crippen molar-refractivity contribution in [2.24, 2.45) is 0 Å². The van der Waals surface area contributed by atoms with Crippen molar-refractivity contribution < 1.29 is 9.53 Å². The summed E-state index contributed by atoms with van der Waals surface area (Å²) in [6.45, 7) is 13.7. The fraction of sp³-hybridized carbons (Fsp3) is 0.688. The number of piperazine rings is 1. The summed E-state index contributed by atoms with van der Waals surface area (Å²) in [5.74, 6) is 0.744. The van der Waals surface area contributed by atoms with Crippen LogP contribution in [0, 0.1) is 13.8 Å². The number of aryl methyl sites for hydroxylation is 2. The van der Waals surface area contributed by atoms with Gasteiger partial charge in [0.25, 0.3) is 0 Å². The average Bonchev–Trinajstić information content (AvgIpc) is 2.35. The Morgan fingerprint density at radius 1 is 1.23 bits per heavy atom. The van der Waals surface area contributed by atoms with Crippen molar-refractivity contribution in [1.29, 1.82) is 0 Å². The lowest BCUT2D eigenvalue weighted by atomic mass is 10.2. The summed E-state index contributed by atoms with van der Waals surface area (Å²) >= 11 is 0. The van der Waals surface area contributed by atoms with Crippen LogP contribution in [0.5, 0.6) is 0 Å². The van der Waals surface area contributed by atoms with Gasteiger partial charge in [0.2, 0.25) is 5.95 Å². The van der Waals surface area contributed by atoms with Crippen molar-refractivity contribution in [3.63, 3.8) is 0 Å². The van der Waals surface area contributed by atoms with E-state index in [-0.39, 0.29) is 12.1 Å². The van der Waals surface area contributed by atoms with Crippen molar-refractivity contribution in [2.45, 2.75) is 53.2 Å². The van der Waals surface area contributed by atoms with Crippen LogP contribution < -0.4 is 4.90 Å². The van der Waals surface area contributed by atoms with Crippen LogP contribution in [0.15, 0.2) is 6.07 Å². The Kier molecular flexibility index (Phi) is 4.58. The molecule has 1 saturated heterocycles. The number of carbonyl (C=O) groups is 1. The summed E-state index contributed by atoms with van der Waals surface area (Å²) in [4.78, 5) is 25.1. The molecule has 6 heteroatoms. The van der Waals surface area contributed by atoms with Gasteiger partial charge in [0.15, 0.2) is 0 Å². The van der Waals surface area contributed by atoms with Gasteiger partial charge in [-0.25, -0.2) is 14.8 Å². The maximum atomic E-state index is 12.2. The molecule has 122 valence electrons. The van der Waals surface area contributed by atoms with Crippen LogP contribution in [-0.4, -0.2) is 52.2 Å². The fourth-order valence-electron chi connectivity index (χ4n) is 2.58. The zero-order chi connectivity index (χ0) is 16.5. The third kappa shape index (κ3) is 4.08. The smallest absolute Gasteiger partial charge is 0.410 e. The number of ether oxygens (including phenoxy) is 1. The zero-order valence-corrected chi connectivity index (χ0v) is 14.4. The third-order valence-electron chi connectivity index (χ3n) is 3.51. The van der Waals surface area contributed by atoms with Crippen LogP contribution in [0.2, 0.25) is 0 Å². The molecule has 6 nitrogen and oxygen atoms in total. The fourth-order valence-corrected chi connectivity index (χ4v) is 2.58. The van der Waals surface area contributed by atoms with Crippen LogP contribution in [-0.2, 0) is 4.74 Å². The number of anilines is 1. The highest BCUT2D eigenvalue weighted by Crippen LogP contribution is 2.19. The molecular weight excluding hydrogens is 280 g/mol. The Labute approximate surface area is 132 Å². The van der Waals surface area contributed by atoms with E-state index in [1.54, 1.807) is 4.90 Å². The van der Waals surface area contributed by atoms with E-state index >= 15 is 0 Å². The van der Waals surface area contributed by atoms with Gasteiger partial charge in [-0.2, -0.15) is 0 Å². The molecule has 0 saturated carbocycles. The summed E-state index contributed by atoms with van der Waals surface area (Å²) < 4.78 is 5.46. The zero-order valence-electron chi connectivity index (χ0n) is 14.4. The first-order valence-electron chi connectivity index (χ1n) is 7.72. The Hall–Kier alpha value is -1.85. The van der Waals surface area contributed by atoms with E-state index in [9.17, 15) is 4.79 Å². The Bertz CT molecular complexity index is 533. The summed E-state index contributed by atoms with van der Waals surface area (Å²) in [5.41, 5.74) is 1.46. The molecule has 0 N–H and O–H groups in total. The maximum absolute atomic E-state index is 12.2. The van der Waals surface area contributed by atoms with Crippen molar-refractivity contribution in [1.82, 2.24) is 14.9 Å². The normalized spacial score (nSPS) is 19.3. The predicted octanol–water partition coefficient (Wildman–Crippen LogP) is 2.54. The van der Waals surface area contributed by atoms with Crippen LogP contribution in [0.1, 0.15) is 39.1 Å². The summed E-state index contributed by atoms with van der Waals surface area (Å²) in [5, 5.41) is 0. The van der Waals surface area contributed by atoms with Crippen molar-refractivity contribution >= 4 is 12.0 Å². The van der Waals surface area contributed by atoms with E-state index in [2.05, 4.69) is 14.9 Å². The number of nitrogens with zero attached hydrogens (tertiary/aromatic N) is 4. The maximum Gasteiger partial charge on any atom is 0.410 e. The number of aromatic nitrogens is 2. The van der Waals surface area contributed by atoms with Gasteiger partial charge in [0, 0.05) is 37.1 Å². The lowest BCUT2D eigenvalue weighted by Crippen LogP contribution is -2.55. The molecule has 22 heavy (non-hydrogen) atoms. The monoisotopic (exact) mass is 306 g/mol. The highest BCUT2D eigenvalue weighted by Gasteiger charge is 2.31. The minimum atomic E-state index is -0.468. The van der Waals surface area contributed by atoms with Crippen molar-refractivity contribution in [3.8, 4) is 0 Å². The molecule has 1 aliphatic rings. The van der Waals surface area contributed by atoms with Crippen LogP contribution in [0.3, 0.4) is 0 Å². The van der Waals surface area contributed by atoms with E-state index in [0.29, 0.717) is 19.6 Å². The molecule has 1 aromatic rings. The molecule has 0 radical (unpaired) electrons.